The molecule has 0 radical (unpaired) electrons. The Bertz CT molecular complexity index is 380. The summed E-state index contributed by atoms with van der Waals surface area (Å²) in [7, 11) is 0. The van der Waals surface area contributed by atoms with E-state index >= 15 is 0 Å². The predicted octanol–water partition coefficient (Wildman–Crippen LogP) is 3.74. The molecule has 0 amide bonds. The number of ether oxygens (including phenoxy) is 1. The molecule has 18 heavy (non-hydrogen) atoms. The summed E-state index contributed by atoms with van der Waals surface area (Å²) in [6.07, 6.45) is 2.46. The number of rotatable bonds is 6. The van der Waals surface area contributed by atoms with Gasteiger partial charge >= 0.3 is 6.61 Å². The van der Waals surface area contributed by atoms with Gasteiger partial charge in [-0.3, -0.25) is 0 Å². The van der Waals surface area contributed by atoms with Gasteiger partial charge in [0.05, 0.1) is 0 Å². The summed E-state index contributed by atoms with van der Waals surface area (Å²) in [6, 6.07) is 7.69. The Hall–Kier alpha value is -1.16. The van der Waals surface area contributed by atoms with E-state index in [2.05, 4.69) is 23.9 Å². The predicted molar refractivity (Wildman–Crippen MR) is 66.8 cm³/mol. The topological polar surface area (TPSA) is 21.3 Å². The van der Waals surface area contributed by atoms with Crippen LogP contribution < -0.4 is 10.1 Å². The molecular weight excluding hydrogens is 236 g/mol. The molecule has 1 aliphatic carbocycles. The molecule has 3 atom stereocenters. The zero-order valence-corrected chi connectivity index (χ0v) is 10.7. The Kier molecular flexibility index (Phi) is 4.17. The highest BCUT2D eigenvalue weighted by molar-refractivity contribution is 5.29. The van der Waals surface area contributed by atoms with Crippen LogP contribution in [0.2, 0.25) is 0 Å². The Morgan fingerprint density at radius 1 is 1.33 bits per heavy atom. The van der Waals surface area contributed by atoms with E-state index in [0.717, 1.165) is 11.5 Å². The van der Waals surface area contributed by atoms with Crippen LogP contribution in [0.15, 0.2) is 24.3 Å². The van der Waals surface area contributed by atoms with Crippen molar-refractivity contribution in [2.24, 2.45) is 5.92 Å². The van der Waals surface area contributed by atoms with Crippen LogP contribution in [0.25, 0.3) is 0 Å². The van der Waals surface area contributed by atoms with E-state index < -0.39 is 6.61 Å². The molecule has 1 fully saturated rings. The quantitative estimate of drug-likeness (QED) is 0.836. The standard InChI is InChI=1S/C14H19F2NO/c1-3-10-8-13(10)17-9(2)11-4-6-12(7-5-11)18-14(15)16/h4-7,9-10,13-14,17H,3,8H2,1-2H3. The maximum absolute atomic E-state index is 12.0. The molecule has 1 aromatic rings. The number of halogens is 2. The lowest BCUT2D eigenvalue weighted by Gasteiger charge is -2.15. The summed E-state index contributed by atoms with van der Waals surface area (Å²) in [5.41, 5.74) is 1.10. The van der Waals surface area contributed by atoms with Gasteiger partial charge in [-0.25, -0.2) is 0 Å². The van der Waals surface area contributed by atoms with Crippen LogP contribution >= 0.6 is 0 Å². The van der Waals surface area contributed by atoms with Crippen molar-refractivity contribution < 1.29 is 13.5 Å². The van der Waals surface area contributed by atoms with E-state index in [1.54, 1.807) is 12.1 Å². The molecule has 2 rings (SSSR count). The van der Waals surface area contributed by atoms with Crippen LogP contribution in [-0.4, -0.2) is 12.7 Å². The number of hydrogen-bond acceptors (Lipinski definition) is 2. The van der Waals surface area contributed by atoms with Crippen LogP contribution in [0.5, 0.6) is 5.75 Å². The van der Waals surface area contributed by atoms with Crippen LogP contribution in [0, 0.1) is 5.92 Å². The lowest BCUT2D eigenvalue weighted by atomic mass is 10.1. The summed E-state index contributed by atoms with van der Waals surface area (Å²) in [5, 5.41) is 3.54. The van der Waals surface area contributed by atoms with Crippen molar-refractivity contribution in [2.45, 2.75) is 45.4 Å². The second kappa shape index (κ2) is 5.65. The first-order valence-electron chi connectivity index (χ1n) is 6.41. The molecule has 0 aliphatic heterocycles. The first-order chi connectivity index (χ1) is 8.60. The second-order valence-electron chi connectivity index (χ2n) is 4.85. The molecule has 0 bridgehead atoms. The van der Waals surface area contributed by atoms with Crippen molar-refractivity contribution in [2.75, 3.05) is 0 Å². The zero-order chi connectivity index (χ0) is 13.1. The maximum atomic E-state index is 12.0. The van der Waals surface area contributed by atoms with Gasteiger partial charge in [-0.05, 0) is 37.0 Å². The molecule has 4 heteroatoms. The molecule has 3 unspecified atom stereocenters. The van der Waals surface area contributed by atoms with Gasteiger partial charge in [0.25, 0.3) is 0 Å². The Morgan fingerprint density at radius 3 is 2.50 bits per heavy atom. The van der Waals surface area contributed by atoms with E-state index in [1.807, 2.05) is 12.1 Å². The van der Waals surface area contributed by atoms with Gasteiger partial charge < -0.3 is 10.1 Å². The average molecular weight is 255 g/mol. The van der Waals surface area contributed by atoms with Crippen LogP contribution in [0.3, 0.4) is 0 Å². The third-order valence-electron chi connectivity index (χ3n) is 3.52. The first-order valence-corrected chi connectivity index (χ1v) is 6.41. The third kappa shape index (κ3) is 3.42. The summed E-state index contributed by atoms with van der Waals surface area (Å²) >= 11 is 0. The number of nitrogens with one attached hydrogen (secondary N) is 1. The number of benzene rings is 1. The summed E-state index contributed by atoms with van der Waals surface area (Å²) in [5.74, 6) is 1.01. The van der Waals surface area contributed by atoms with Gasteiger partial charge in [0.1, 0.15) is 5.75 Å². The van der Waals surface area contributed by atoms with Crippen LogP contribution in [0.1, 0.15) is 38.3 Å². The third-order valence-corrected chi connectivity index (χ3v) is 3.52. The molecule has 1 aromatic carbocycles. The lowest BCUT2D eigenvalue weighted by molar-refractivity contribution is -0.0498. The second-order valence-corrected chi connectivity index (χ2v) is 4.85. The van der Waals surface area contributed by atoms with Gasteiger partial charge in [-0.15, -0.1) is 0 Å². The monoisotopic (exact) mass is 255 g/mol. The molecule has 100 valence electrons. The largest absolute Gasteiger partial charge is 0.435 e. The smallest absolute Gasteiger partial charge is 0.387 e. The minimum atomic E-state index is -2.76. The number of hydrogen-bond donors (Lipinski definition) is 1. The van der Waals surface area contributed by atoms with Crippen molar-refractivity contribution in [3.63, 3.8) is 0 Å². The van der Waals surface area contributed by atoms with Crippen LogP contribution in [0.4, 0.5) is 8.78 Å². The highest BCUT2D eigenvalue weighted by Crippen LogP contribution is 2.35. The molecule has 2 nitrogen and oxygen atoms in total. The lowest BCUT2D eigenvalue weighted by Crippen LogP contribution is -2.22. The Balaban J connectivity index is 1.88. The van der Waals surface area contributed by atoms with Gasteiger partial charge in [0, 0.05) is 12.1 Å². The van der Waals surface area contributed by atoms with Crippen molar-refractivity contribution in [3.8, 4) is 5.75 Å². The van der Waals surface area contributed by atoms with Gasteiger partial charge in [-0.2, -0.15) is 8.78 Å². The van der Waals surface area contributed by atoms with E-state index in [0.29, 0.717) is 6.04 Å². The molecule has 0 spiro atoms. The summed E-state index contributed by atoms with van der Waals surface area (Å²) in [6.45, 7) is 1.53. The SMILES string of the molecule is CCC1CC1NC(C)c1ccc(OC(F)F)cc1. The van der Waals surface area contributed by atoms with Crippen molar-refractivity contribution in [3.05, 3.63) is 29.8 Å². The molecule has 0 aromatic heterocycles. The molecular formula is C14H19F2NO. The molecule has 0 saturated heterocycles. The van der Waals surface area contributed by atoms with E-state index in [1.165, 1.54) is 12.8 Å². The van der Waals surface area contributed by atoms with E-state index in [9.17, 15) is 8.78 Å². The molecule has 1 saturated carbocycles. The van der Waals surface area contributed by atoms with E-state index in [4.69, 9.17) is 0 Å². The summed E-state index contributed by atoms with van der Waals surface area (Å²) in [4.78, 5) is 0. The molecule has 1 aliphatic rings. The van der Waals surface area contributed by atoms with Gasteiger partial charge in [0.15, 0.2) is 0 Å². The average Bonchev–Trinajstić information content (AvgIpc) is 3.07. The normalized spacial score (nSPS) is 24.1. The highest BCUT2D eigenvalue weighted by Gasteiger charge is 2.35. The van der Waals surface area contributed by atoms with Gasteiger partial charge in [0.2, 0.25) is 0 Å². The summed E-state index contributed by atoms with van der Waals surface area (Å²) < 4.78 is 28.3. The fourth-order valence-electron chi connectivity index (χ4n) is 2.26. The minimum Gasteiger partial charge on any atom is -0.435 e. The molecule has 1 N–H and O–H groups in total. The maximum Gasteiger partial charge on any atom is 0.387 e. The van der Waals surface area contributed by atoms with E-state index in [-0.39, 0.29) is 11.8 Å². The first kappa shape index (κ1) is 13.3. The van der Waals surface area contributed by atoms with Crippen molar-refractivity contribution in [1.82, 2.24) is 5.32 Å². The van der Waals surface area contributed by atoms with Crippen molar-refractivity contribution >= 4 is 0 Å². The Labute approximate surface area is 106 Å². The zero-order valence-electron chi connectivity index (χ0n) is 10.7. The van der Waals surface area contributed by atoms with Crippen molar-refractivity contribution in [1.29, 1.82) is 0 Å². The van der Waals surface area contributed by atoms with Gasteiger partial charge in [-0.1, -0.05) is 25.5 Å². The molecule has 0 heterocycles. The highest BCUT2D eigenvalue weighted by atomic mass is 19.3. The number of alkyl halides is 2. The minimum absolute atomic E-state index is 0.207. The fourth-order valence-corrected chi connectivity index (χ4v) is 2.26. The fraction of sp³-hybridized carbons (Fsp3) is 0.571. The Morgan fingerprint density at radius 2 is 2.00 bits per heavy atom. The van der Waals surface area contributed by atoms with Crippen LogP contribution in [-0.2, 0) is 0 Å².